The number of carbonyl (C=O) groups excluding carboxylic acids is 2. The minimum Gasteiger partial charge on any atom is -0.481 e. The first kappa shape index (κ1) is 20.1. The normalized spacial score (nSPS) is 12.7. The predicted octanol–water partition coefficient (Wildman–Crippen LogP) is -0.893. The van der Waals surface area contributed by atoms with Gasteiger partial charge in [-0.25, -0.2) is 0 Å². The van der Waals surface area contributed by atoms with Gasteiger partial charge in [-0.15, -0.1) is 0 Å². The molecule has 0 aromatic heterocycles. The molecule has 25 heavy (non-hydrogen) atoms. The zero-order valence-electron chi connectivity index (χ0n) is 13.5. The molecule has 1 rings (SSSR count). The first-order chi connectivity index (χ1) is 11.8. The maximum atomic E-state index is 12.2. The lowest BCUT2D eigenvalue weighted by molar-refractivity contribution is -0.140. The summed E-state index contributed by atoms with van der Waals surface area (Å²) < 4.78 is 0. The van der Waals surface area contributed by atoms with Gasteiger partial charge in [-0.05, 0) is 18.4 Å². The van der Waals surface area contributed by atoms with Gasteiger partial charge in [0, 0.05) is 6.42 Å². The van der Waals surface area contributed by atoms with Crippen LogP contribution in [0.1, 0.15) is 18.4 Å². The van der Waals surface area contributed by atoms with Gasteiger partial charge in [-0.3, -0.25) is 19.2 Å². The molecule has 0 heterocycles. The molecular formula is C16H21N3O6. The Bertz CT molecular complexity index is 620. The van der Waals surface area contributed by atoms with Gasteiger partial charge in [0.1, 0.15) is 12.6 Å². The number of nitrogens with one attached hydrogen (secondary N) is 2. The fourth-order valence-corrected chi connectivity index (χ4v) is 2.06. The van der Waals surface area contributed by atoms with Crippen molar-refractivity contribution in [3.8, 4) is 0 Å². The van der Waals surface area contributed by atoms with Crippen LogP contribution >= 0.6 is 0 Å². The van der Waals surface area contributed by atoms with Crippen LogP contribution in [0.5, 0.6) is 0 Å². The van der Waals surface area contributed by atoms with E-state index in [9.17, 15) is 19.2 Å². The Hall–Kier alpha value is -2.94. The summed E-state index contributed by atoms with van der Waals surface area (Å²) in [5.74, 6) is -3.79. The second kappa shape index (κ2) is 10.0. The quantitative estimate of drug-likeness (QED) is 0.365. The number of aliphatic carboxylic acids is 2. The summed E-state index contributed by atoms with van der Waals surface area (Å²) in [5.41, 5.74) is 6.66. The SMILES string of the molecule is NC(Cc1ccccc1)C(=O)NC(CCC(=O)O)C(=O)NCC(=O)O. The molecule has 0 aliphatic heterocycles. The molecule has 0 saturated heterocycles. The Kier molecular flexibility index (Phi) is 8.07. The van der Waals surface area contributed by atoms with Gasteiger partial charge < -0.3 is 26.6 Å². The van der Waals surface area contributed by atoms with E-state index in [2.05, 4.69) is 10.6 Å². The highest BCUT2D eigenvalue weighted by Gasteiger charge is 2.24. The molecule has 0 aliphatic rings. The van der Waals surface area contributed by atoms with Crippen molar-refractivity contribution >= 4 is 23.8 Å². The highest BCUT2D eigenvalue weighted by atomic mass is 16.4. The Morgan fingerprint density at radius 2 is 1.64 bits per heavy atom. The number of carboxylic acid groups (broad SMARTS) is 2. The van der Waals surface area contributed by atoms with Crippen molar-refractivity contribution in [1.82, 2.24) is 10.6 Å². The van der Waals surface area contributed by atoms with Crippen LogP contribution in [-0.4, -0.2) is 52.6 Å². The predicted molar refractivity (Wildman–Crippen MR) is 87.6 cm³/mol. The average molecular weight is 351 g/mol. The van der Waals surface area contributed by atoms with Crippen LogP contribution in [0.15, 0.2) is 30.3 Å². The summed E-state index contributed by atoms with van der Waals surface area (Å²) in [6.07, 6.45) is -0.293. The van der Waals surface area contributed by atoms with Crippen LogP contribution in [0.3, 0.4) is 0 Å². The molecule has 1 aromatic rings. The van der Waals surface area contributed by atoms with Crippen LogP contribution in [-0.2, 0) is 25.6 Å². The minimum atomic E-state index is -1.25. The van der Waals surface area contributed by atoms with Crippen LogP contribution in [0, 0.1) is 0 Å². The summed E-state index contributed by atoms with van der Waals surface area (Å²) in [7, 11) is 0. The zero-order chi connectivity index (χ0) is 18.8. The van der Waals surface area contributed by atoms with Crippen molar-refractivity contribution in [2.45, 2.75) is 31.3 Å². The largest absolute Gasteiger partial charge is 0.481 e. The van der Waals surface area contributed by atoms with Gasteiger partial charge in [0.15, 0.2) is 0 Å². The third-order valence-corrected chi connectivity index (χ3v) is 3.33. The molecule has 9 heteroatoms. The van der Waals surface area contributed by atoms with E-state index in [0.29, 0.717) is 0 Å². The van der Waals surface area contributed by atoms with Crippen LogP contribution < -0.4 is 16.4 Å². The number of amides is 2. The molecule has 2 atom stereocenters. The third kappa shape index (κ3) is 7.93. The number of hydrogen-bond donors (Lipinski definition) is 5. The number of carbonyl (C=O) groups is 4. The molecule has 0 saturated carbocycles. The van der Waals surface area contributed by atoms with E-state index in [4.69, 9.17) is 15.9 Å². The van der Waals surface area contributed by atoms with Crippen molar-refractivity contribution in [1.29, 1.82) is 0 Å². The Morgan fingerprint density at radius 1 is 1.00 bits per heavy atom. The topological polar surface area (TPSA) is 159 Å². The lowest BCUT2D eigenvalue weighted by Crippen LogP contribution is -2.52. The maximum Gasteiger partial charge on any atom is 0.322 e. The fraction of sp³-hybridized carbons (Fsp3) is 0.375. The first-order valence-corrected chi connectivity index (χ1v) is 7.60. The van der Waals surface area contributed by atoms with Gasteiger partial charge in [0.2, 0.25) is 11.8 Å². The number of rotatable bonds is 10. The lowest BCUT2D eigenvalue weighted by atomic mass is 10.0. The van der Waals surface area contributed by atoms with E-state index in [1.54, 1.807) is 24.3 Å². The van der Waals surface area contributed by atoms with E-state index >= 15 is 0 Å². The molecule has 6 N–H and O–H groups in total. The summed E-state index contributed by atoms with van der Waals surface area (Å²) in [4.78, 5) is 45.3. The average Bonchev–Trinajstić information content (AvgIpc) is 2.56. The van der Waals surface area contributed by atoms with Gasteiger partial charge >= 0.3 is 11.9 Å². The second-order valence-corrected chi connectivity index (χ2v) is 5.40. The van der Waals surface area contributed by atoms with Crippen molar-refractivity contribution in [2.75, 3.05) is 6.54 Å². The second-order valence-electron chi connectivity index (χ2n) is 5.40. The van der Waals surface area contributed by atoms with Gasteiger partial charge in [0.05, 0.1) is 6.04 Å². The van der Waals surface area contributed by atoms with Crippen LogP contribution in [0.25, 0.3) is 0 Å². The highest BCUT2D eigenvalue weighted by Crippen LogP contribution is 2.04. The highest BCUT2D eigenvalue weighted by molar-refractivity contribution is 5.91. The van der Waals surface area contributed by atoms with Gasteiger partial charge in [-0.1, -0.05) is 30.3 Å². The number of benzene rings is 1. The lowest BCUT2D eigenvalue weighted by Gasteiger charge is -2.20. The van der Waals surface area contributed by atoms with Crippen molar-refractivity contribution in [3.63, 3.8) is 0 Å². The molecule has 0 fully saturated rings. The van der Waals surface area contributed by atoms with Crippen molar-refractivity contribution in [3.05, 3.63) is 35.9 Å². The molecule has 136 valence electrons. The molecule has 2 amide bonds. The van der Waals surface area contributed by atoms with Crippen molar-refractivity contribution in [2.24, 2.45) is 5.73 Å². The summed E-state index contributed by atoms with van der Waals surface area (Å²) >= 11 is 0. The first-order valence-electron chi connectivity index (χ1n) is 7.60. The molecule has 0 aliphatic carbocycles. The number of carboxylic acids is 2. The smallest absolute Gasteiger partial charge is 0.322 e. The maximum absolute atomic E-state index is 12.2. The molecule has 9 nitrogen and oxygen atoms in total. The van der Waals surface area contributed by atoms with E-state index in [0.717, 1.165) is 5.56 Å². The monoisotopic (exact) mass is 351 g/mol. The summed E-state index contributed by atoms with van der Waals surface area (Å²) in [6.45, 7) is -0.631. The molecule has 1 aromatic carbocycles. The minimum absolute atomic E-state index is 0.176. The van der Waals surface area contributed by atoms with Crippen molar-refractivity contribution < 1.29 is 29.4 Å². The van der Waals surface area contributed by atoms with Crippen LogP contribution in [0.4, 0.5) is 0 Å². The van der Waals surface area contributed by atoms with Gasteiger partial charge in [0.25, 0.3) is 0 Å². The zero-order valence-corrected chi connectivity index (χ0v) is 13.5. The molecular weight excluding hydrogens is 330 g/mol. The Morgan fingerprint density at radius 3 is 2.20 bits per heavy atom. The molecule has 0 spiro atoms. The molecule has 2 unspecified atom stereocenters. The standard InChI is InChI=1S/C16H21N3O6/c17-11(8-10-4-2-1-3-5-10)15(24)19-12(6-7-13(20)21)16(25)18-9-14(22)23/h1-5,11-12H,6-9,17H2,(H,18,25)(H,19,24)(H,20,21)(H,22,23). The summed E-state index contributed by atoms with van der Waals surface area (Å²) in [5, 5.41) is 21.8. The third-order valence-electron chi connectivity index (χ3n) is 3.33. The molecule has 0 bridgehead atoms. The van der Waals surface area contributed by atoms with E-state index in [1.165, 1.54) is 0 Å². The van der Waals surface area contributed by atoms with E-state index in [-0.39, 0.29) is 19.3 Å². The van der Waals surface area contributed by atoms with E-state index in [1.807, 2.05) is 6.07 Å². The summed E-state index contributed by atoms with van der Waals surface area (Å²) in [6, 6.07) is 6.92. The van der Waals surface area contributed by atoms with Crippen LogP contribution in [0.2, 0.25) is 0 Å². The number of hydrogen-bond acceptors (Lipinski definition) is 5. The van der Waals surface area contributed by atoms with Gasteiger partial charge in [-0.2, -0.15) is 0 Å². The Labute approximate surface area is 144 Å². The Balaban J connectivity index is 2.67. The van der Waals surface area contributed by atoms with E-state index < -0.39 is 42.4 Å². The molecule has 0 radical (unpaired) electrons. The fourth-order valence-electron chi connectivity index (χ4n) is 2.06. The number of nitrogens with two attached hydrogens (primary N) is 1.